The minimum atomic E-state index is -1.06. The van der Waals surface area contributed by atoms with Crippen LogP contribution in [0.3, 0.4) is 0 Å². The molecule has 0 amide bonds. The highest BCUT2D eigenvalue weighted by Crippen LogP contribution is 2.71. The maximum Gasteiger partial charge on any atom is 0.189 e. The Kier molecular flexibility index (Phi) is 5.85. The van der Waals surface area contributed by atoms with Gasteiger partial charge >= 0.3 is 0 Å². The molecule has 0 bridgehead atoms. The maximum atomic E-state index is 15.4. The van der Waals surface area contributed by atoms with Gasteiger partial charge in [-0.05, 0) is 82.6 Å². The van der Waals surface area contributed by atoms with Gasteiger partial charge in [-0.25, -0.2) is 0 Å². The second-order valence-corrected chi connectivity index (χ2v) is 13.6. The summed E-state index contributed by atoms with van der Waals surface area (Å²) < 4.78 is 0. The molecular formula is C35H27Cl2NO2S. The fraction of sp³-hybridized carbons (Fsp3) is 0.257. The number of carbonyl (C=O) groups excluding carboxylic acids is 2. The van der Waals surface area contributed by atoms with Crippen LogP contribution in [0, 0.1) is 5.41 Å². The van der Waals surface area contributed by atoms with E-state index in [1.54, 1.807) is 0 Å². The first-order valence-electron chi connectivity index (χ1n) is 14.1. The topological polar surface area (TPSA) is 37.4 Å². The minimum absolute atomic E-state index is 0.0496. The lowest BCUT2D eigenvalue weighted by molar-refractivity contribution is -0.132. The molecular weight excluding hydrogens is 569 g/mol. The highest BCUT2D eigenvalue weighted by molar-refractivity contribution is 7.99. The third-order valence-corrected chi connectivity index (χ3v) is 11.5. The van der Waals surface area contributed by atoms with Gasteiger partial charge in [-0.15, -0.1) is 11.8 Å². The average molecular weight is 597 g/mol. The Balaban J connectivity index is 1.44. The summed E-state index contributed by atoms with van der Waals surface area (Å²) in [7, 11) is 0. The van der Waals surface area contributed by atoms with E-state index in [0.29, 0.717) is 22.9 Å². The number of nitrogens with zero attached hydrogens (tertiary/aromatic N) is 1. The smallest absolute Gasteiger partial charge is 0.189 e. The van der Waals surface area contributed by atoms with E-state index >= 15 is 9.59 Å². The molecule has 2 aliphatic heterocycles. The van der Waals surface area contributed by atoms with Crippen LogP contribution in [0.4, 0.5) is 0 Å². The molecule has 4 aromatic carbocycles. The Morgan fingerprint density at radius 2 is 1.56 bits per heavy atom. The number of benzene rings is 4. The molecule has 6 heteroatoms. The number of rotatable bonds is 2. The lowest BCUT2D eigenvalue weighted by Gasteiger charge is -2.50. The molecule has 2 spiro atoms. The lowest BCUT2D eigenvalue weighted by Crippen LogP contribution is -2.60. The predicted molar refractivity (Wildman–Crippen MR) is 168 cm³/mol. The number of allylic oxidation sites excluding steroid dienone is 1. The van der Waals surface area contributed by atoms with Gasteiger partial charge in [0.2, 0.25) is 0 Å². The largest absolute Gasteiger partial charge is 0.294 e. The van der Waals surface area contributed by atoms with Gasteiger partial charge in [-0.3, -0.25) is 14.5 Å². The SMILES string of the molecule is O=C1c2cccc3cccc(c23)[C@]12N1CSC[C@H]1[C@H](c1ccc(Cl)cc1)[C@]21CCC/C(=C\c2ccc(Cl)cc2)C1=O. The molecule has 2 aliphatic carbocycles. The third kappa shape index (κ3) is 3.34. The van der Waals surface area contributed by atoms with Crippen LogP contribution in [0.25, 0.3) is 16.8 Å². The Morgan fingerprint density at radius 1 is 0.854 bits per heavy atom. The first-order valence-corrected chi connectivity index (χ1v) is 16.1. The molecule has 1 saturated carbocycles. The highest BCUT2D eigenvalue weighted by atomic mass is 35.5. The summed E-state index contributed by atoms with van der Waals surface area (Å²) >= 11 is 14.4. The Hall–Kier alpha value is -2.89. The second kappa shape index (κ2) is 9.31. The van der Waals surface area contributed by atoms with Gasteiger partial charge in [0.1, 0.15) is 5.54 Å². The molecule has 41 heavy (non-hydrogen) atoms. The highest BCUT2D eigenvalue weighted by Gasteiger charge is 2.77. The van der Waals surface area contributed by atoms with Gasteiger partial charge in [0, 0.05) is 39.2 Å². The molecule has 0 unspecified atom stereocenters. The molecule has 0 N–H and O–H groups in total. The van der Waals surface area contributed by atoms with E-state index in [1.165, 1.54) is 0 Å². The number of hydrogen-bond acceptors (Lipinski definition) is 4. The summed E-state index contributed by atoms with van der Waals surface area (Å²) in [6.45, 7) is 0. The summed E-state index contributed by atoms with van der Waals surface area (Å²) in [6, 6.07) is 27.9. The summed E-state index contributed by atoms with van der Waals surface area (Å²) in [5.74, 6) is 1.63. The quantitative estimate of drug-likeness (QED) is 0.218. The number of hydrogen-bond donors (Lipinski definition) is 0. The molecule has 4 aromatic rings. The van der Waals surface area contributed by atoms with Gasteiger partial charge in [0.05, 0.1) is 5.41 Å². The fourth-order valence-corrected chi connectivity index (χ4v) is 10.1. The van der Waals surface area contributed by atoms with Crippen molar-refractivity contribution in [3.8, 4) is 0 Å². The molecule has 4 aliphatic rings. The van der Waals surface area contributed by atoms with E-state index in [2.05, 4.69) is 41.3 Å². The van der Waals surface area contributed by atoms with E-state index in [0.717, 1.165) is 56.6 Å². The number of halogens is 2. The van der Waals surface area contributed by atoms with Gasteiger partial charge < -0.3 is 0 Å². The lowest BCUT2D eigenvalue weighted by atomic mass is 9.52. The zero-order valence-electron chi connectivity index (χ0n) is 22.3. The Morgan fingerprint density at radius 3 is 2.32 bits per heavy atom. The number of thioether (sulfide) groups is 1. The molecule has 3 nitrogen and oxygen atoms in total. The van der Waals surface area contributed by atoms with Crippen LogP contribution >= 0.6 is 35.0 Å². The first-order chi connectivity index (χ1) is 20.0. The molecule has 4 atom stereocenters. The Labute approximate surface area is 253 Å². The van der Waals surface area contributed by atoms with Crippen molar-refractivity contribution in [3.05, 3.63) is 123 Å². The van der Waals surface area contributed by atoms with Crippen molar-refractivity contribution >= 4 is 63.4 Å². The van der Waals surface area contributed by atoms with E-state index in [9.17, 15) is 0 Å². The van der Waals surface area contributed by atoms with Crippen LogP contribution in [0.15, 0.2) is 90.5 Å². The van der Waals surface area contributed by atoms with Gasteiger partial charge in [0.25, 0.3) is 0 Å². The monoisotopic (exact) mass is 595 g/mol. The van der Waals surface area contributed by atoms with E-state index in [1.807, 2.05) is 66.4 Å². The molecule has 8 rings (SSSR count). The van der Waals surface area contributed by atoms with Crippen molar-refractivity contribution in [2.24, 2.45) is 5.41 Å². The van der Waals surface area contributed by atoms with Gasteiger partial charge in [0.15, 0.2) is 11.6 Å². The zero-order chi connectivity index (χ0) is 27.9. The third-order valence-electron chi connectivity index (χ3n) is 9.93. The van der Waals surface area contributed by atoms with Crippen molar-refractivity contribution in [1.82, 2.24) is 4.90 Å². The van der Waals surface area contributed by atoms with Crippen LogP contribution < -0.4 is 0 Å². The maximum absolute atomic E-state index is 15.4. The number of fused-ring (bicyclic) bond motifs is 4. The number of carbonyl (C=O) groups is 2. The van der Waals surface area contributed by atoms with Crippen LogP contribution in [-0.4, -0.2) is 34.1 Å². The molecule has 0 radical (unpaired) electrons. The van der Waals surface area contributed by atoms with Crippen LogP contribution in [0.2, 0.25) is 10.0 Å². The summed E-state index contributed by atoms with van der Waals surface area (Å²) in [5.41, 5.74) is 2.55. The summed E-state index contributed by atoms with van der Waals surface area (Å²) in [4.78, 5) is 32.9. The van der Waals surface area contributed by atoms with Crippen LogP contribution in [-0.2, 0) is 10.3 Å². The minimum Gasteiger partial charge on any atom is -0.294 e. The molecule has 2 saturated heterocycles. The standard InChI is InChI=1S/C35H27Cl2NO2S/c36-25-13-9-21(10-14-25)18-24-6-3-17-34(32(24)39)31(23-11-15-26(37)16-12-23)29-19-41-20-38(29)35(34)28-8-2-5-22-4-1-7-27(30(22)28)33(35)40/h1-2,4-5,7-16,18,29,31H,3,6,17,19-20H2/b24-18+/t29-,31-,34-,35-/m0/s1. The van der Waals surface area contributed by atoms with E-state index < -0.39 is 11.0 Å². The van der Waals surface area contributed by atoms with Gasteiger partial charge in [-0.1, -0.05) is 83.9 Å². The zero-order valence-corrected chi connectivity index (χ0v) is 24.6. The predicted octanol–water partition coefficient (Wildman–Crippen LogP) is 8.53. The van der Waals surface area contributed by atoms with Crippen molar-refractivity contribution in [2.75, 3.05) is 11.6 Å². The Bertz CT molecular complexity index is 1780. The van der Waals surface area contributed by atoms with Crippen molar-refractivity contribution in [3.63, 3.8) is 0 Å². The van der Waals surface area contributed by atoms with Crippen molar-refractivity contribution in [2.45, 2.75) is 36.8 Å². The van der Waals surface area contributed by atoms with Crippen LogP contribution in [0.1, 0.15) is 52.2 Å². The van der Waals surface area contributed by atoms with E-state index in [-0.39, 0.29) is 23.5 Å². The first kappa shape index (κ1) is 25.8. The molecule has 3 fully saturated rings. The molecule has 204 valence electrons. The van der Waals surface area contributed by atoms with Crippen LogP contribution in [0.5, 0.6) is 0 Å². The number of Topliss-reactive ketones (excluding diaryl/α,β-unsaturated/α-hetero) is 2. The normalized spacial score (nSPS) is 29.9. The van der Waals surface area contributed by atoms with Crippen molar-refractivity contribution in [1.29, 1.82) is 0 Å². The average Bonchev–Trinajstić information content (AvgIpc) is 3.62. The van der Waals surface area contributed by atoms with Gasteiger partial charge in [-0.2, -0.15) is 0 Å². The molecule has 2 heterocycles. The summed E-state index contributed by atoms with van der Waals surface area (Å²) in [5, 5.41) is 3.39. The summed E-state index contributed by atoms with van der Waals surface area (Å²) in [6.07, 6.45) is 4.21. The fourth-order valence-electron chi connectivity index (χ4n) is 8.55. The van der Waals surface area contributed by atoms with Crippen molar-refractivity contribution < 1.29 is 9.59 Å². The van der Waals surface area contributed by atoms with E-state index in [4.69, 9.17) is 23.2 Å². The second-order valence-electron chi connectivity index (χ2n) is 11.7. The molecule has 0 aromatic heterocycles. The number of ketones is 2.